The van der Waals surface area contributed by atoms with Crippen LogP contribution in [0.1, 0.15) is 45.8 Å². The van der Waals surface area contributed by atoms with Gasteiger partial charge in [0.1, 0.15) is 11.0 Å². The number of carbonyl (C=O) groups is 1. The molecular formula is C18H22N4OS2. The second-order valence-electron chi connectivity index (χ2n) is 6.18. The average molecular weight is 375 g/mol. The molecule has 1 N–H and O–H groups in total. The van der Waals surface area contributed by atoms with Crippen LogP contribution >= 0.6 is 22.7 Å². The van der Waals surface area contributed by atoms with E-state index in [-0.39, 0.29) is 18.0 Å². The topological polar surface area (TPSA) is 59.8 Å². The van der Waals surface area contributed by atoms with E-state index in [0.717, 1.165) is 22.8 Å². The van der Waals surface area contributed by atoms with Crippen molar-refractivity contribution in [3.63, 3.8) is 0 Å². The van der Waals surface area contributed by atoms with E-state index in [1.807, 2.05) is 26.8 Å². The second kappa shape index (κ2) is 7.49. The predicted octanol–water partition coefficient (Wildman–Crippen LogP) is 3.99. The first-order chi connectivity index (χ1) is 12.0. The molecular weight excluding hydrogens is 352 g/mol. The highest BCUT2D eigenvalue weighted by Crippen LogP contribution is 2.27. The number of carbonyl (C=O) groups excluding carboxylic acids is 1. The maximum absolute atomic E-state index is 12.8. The summed E-state index contributed by atoms with van der Waals surface area (Å²) in [4.78, 5) is 18.7. The van der Waals surface area contributed by atoms with Crippen LogP contribution in [0.2, 0.25) is 0 Å². The fraction of sp³-hybridized carbons (Fsp3) is 0.389. The number of aryl methyl sites for hydroxylation is 3. The van der Waals surface area contributed by atoms with Gasteiger partial charge in [-0.1, -0.05) is 0 Å². The fourth-order valence-corrected chi connectivity index (χ4v) is 4.34. The lowest BCUT2D eigenvalue weighted by Gasteiger charge is -2.20. The molecule has 0 aliphatic rings. The van der Waals surface area contributed by atoms with Crippen molar-refractivity contribution in [1.82, 2.24) is 20.1 Å². The van der Waals surface area contributed by atoms with Gasteiger partial charge in [0, 0.05) is 23.2 Å². The van der Waals surface area contributed by atoms with Gasteiger partial charge in [-0.25, -0.2) is 4.98 Å². The summed E-state index contributed by atoms with van der Waals surface area (Å²) >= 11 is 3.32. The standard InChI is InChI=1S/C18H22N4OS2/c1-11-5-7-19-22(11)13(3)17(23)21-16(9-15-6-8-24-10-15)18-20-12(2)14(4)25-18/h5-8,10,13,16H,9H2,1-4H3,(H,21,23). The van der Waals surface area contributed by atoms with Crippen molar-refractivity contribution >= 4 is 28.6 Å². The van der Waals surface area contributed by atoms with E-state index in [4.69, 9.17) is 0 Å². The van der Waals surface area contributed by atoms with Crippen LogP contribution in [0.5, 0.6) is 0 Å². The Labute approximate surface area is 155 Å². The molecule has 7 heteroatoms. The van der Waals surface area contributed by atoms with E-state index in [0.29, 0.717) is 0 Å². The molecule has 0 saturated heterocycles. The first-order valence-electron chi connectivity index (χ1n) is 8.21. The Hall–Kier alpha value is -1.99. The molecule has 0 bridgehead atoms. The van der Waals surface area contributed by atoms with Gasteiger partial charge in [0.25, 0.3) is 0 Å². The van der Waals surface area contributed by atoms with E-state index in [2.05, 4.69) is 39.1 Å². The Morgan fingerprint density at radius 3 is 2.68 bits per heavy atom. The molecule has 3 heterocycles. The van der Waals surface area contributed by atoms with Gasteiger partial charge in [-0.05, 0) is 56.2 Å². The van der Waals surface area contributed by atoms with Crippen LogP contribution in [0, 0.1) is 20.8 Å². The van der Waals surface area contributed by atoms with Crippen molar-refractivity contribution in [2.45, 2.75) is 46.2 Å². The second-order valence-corrected chi connectivity index (χ2v) is 8.20. The summed E-state index contributed by atoms with van der Waals surface area (Å²) in [5, 5.41) is 12.6. The van der Waals surface area contributed by atoms with Crippen molar-refractivity contribution in [2.24, 2.45) is 0 Å². The zero-order valence-corrected chi connectivity index (χ0v) is 16.4. The first kappa shape index (κ1) is 17.8. The molecule has 25 heavy (non-hydrogen) atoms. The van der Waals surface area contributed by atoms with Crippen LogP contribution in [0.15, 0.2) is 29.1 Å². The normalized spacial score (nSPS) is 13.6. The van der Waals surface area contributed by atoms with Crippen LogP contribution in [0.3, 0.4) is 0 Å². The zero-order chi connectivity index (χ0) is 18.0. The van der Waals surface area contributed by atoms with E-state index >= 15 is 0 Å². The highest BCUT2D eigenvalue weighted by Gasteiger charge is 2.24. The highest BCUT2D eigenvalue weighted by molar-refractivity contribution is 7.11. The van der Waals surface area contributed by atoms with Gasteiger partial charge in [-0.2, -0.15) is 16.4 Å². The lowest BCUT2D eigenvalue weighted by molar-refractivity contribution is -0.125. The van der Waals surface area contributed by atoms with Crippen molar-refractivity contribution in [3.8, 4) is 0 Å². The molecule has 0 spiro atoms. The third-order valence-electron chi connectivity index (χ3n) is 4.29. The van der Waals surface area contributed by atoms with Gasteiger partial charge in [0.2, 0.25) is 5.91 Å². The van der Waals surface area contributed by atoms with Crippen molar-refractivity contribution < 1.29 is 4.79 Å². The maximum atomic E-state index is 12.8. The summed E-state index contributed by atoms with van der Waals surface area (Å²) in [5.74, 6) is -0.0439. The summed E-state index contributed by atoms with van der Waals surface area (Å²) < 4.78 is 1.75. The van der Waals surface area contributed by atoms with Crippen LogP contribution in [-0.2, 0) is 11.2 Å². The molecule has 2 atom stereocenters. The van der Waals surface area contributed by atoms with Gasteiger partial charge >= 0.3 is 0 Å². The molecule has 3 aromatic rings. The lowest BCUT2D eigenvalue weighted by Crippen LogP contribution is -2.35. The summed E-state index contributed by atoms with van der Waals surface area (Å²) in [5.41, 5.74) is 3.21. The number of nitrogens with zero attached hydrogens (tertiary/aromatic N) is 3. The Balaban J connectivity index is 1.81. The van der Waals surface area contributed by atoms with Crippen LogP contribution in [0.4, 0.5) is 0 Å². The number of aromatic nitrogens is 3. The summed E-state index contributed by atoms with van der Waals surface area (Å²) in [7, 11) is 0. The third kappa shape index (κ3) is 3.99. The Kier molecular flexibility index (Phi) is 5.34. The van der Waals surface area contributed by atoms with Crippen molar-refractivity contribution in [1.29, 1.82) is 0 Å². The number of amides is 1. The predicted molar refractivity (Wildman–Crippen MR) is 102 cm³/mol. The van der Waals surface area contributed by atoms with Crippen molar-refractivity contribution in [3.05, 3.63) is 55.9 Å². The van der Waals surface area contributed by atoms with Gasteiger partial charge in [0.15, 0.2) is 0 Å². The molecule has 0 aliphatic carbocycles. The highest BCUT2D eigenvalue weighted by atomic mass is 32.1. The number of rotatable bonds is 6. The smallest absolute Gasteiger partial charge is 0.245 e. The summed E-state index contributed by atoms with van der Waals surface area (Å²) in [6.07, 6.45) is 2.46. The molecule has 0 aromatic carbocycles. The monoisotopic (exact) mass is 374 g/mol. The molecule has 0 saturated carbocycles. The molecule has 1 amide bonds. The Morgan fingerprint density at radius 1 is 1.32 bits per heavy atom. The Morgan fingerprint density at radius 2 is 2.12 bits per heavy atom. The summed E-state index contributed by atoms with van der Waals surface area (Å²) in [6, 6.07) is 3.51. The molecule has 5 nitrogen and oxygen atoms in total. The molecule has 3 aromatic heterocycles. The van der Waals surface area contributed by atoms with E-state index in [1.165, 1.54) is 10.4 Å². The molecule has 0 aliphatic heterocycles. The molecule has 0 radical (unpaired) electrons. The minimum atomic E-state index is -0.359. The number of hydrogen-bond acceptors (Lipinski definition) is 5. The van der Waals surface area contributed by atoms with Crippen LogP contribution < -0.4 is 5.32 Å². The van der Waals surface area contributed by atoms with Gasteiger partial charge in [-0.15, -0.1) is 11.3 Å². The quantitative estimate of drug-likeness (QED) is 0.710. The van der Waals surface area contributed by atoms with E-state index in [1.54, 1.807) is 33.6 Å². The Bertz CT molecular complexity index is 831. The summed E-state index contributed by atoms with van der Waals surface area (Å²) in [6.45, 7) is 7.90. The minimum absolute atomic E-state index is 0.0439. The lowest BCUT2D eigenvalue weighted by atomic mass is 10.1. The van der Waals surface area contributed by atoms with Crippen molar-refractivity contribution in [2.75, 3.05) is 0 Å². The third-order valence-corrected chi connectivity index (χ3v) is 6.21. The molecule has 2 unspecified atom stereocenters. The van der Waals surface area contributed by atoms with Crippen LogP contribution in [0.25, 0.3) is 0 Å². The maximum Gasteiger partial charge on any atom is 0.245 e. The van der Waals surface area contributed by atoms with E-state index < -0.39 is 0 Å². The number of thiazole rings is 1. The SMILES string of the molecule is Cc1nc(C(Cc2ccsc2)NC(=O)C(C)n2nccc2C)sc1C. The number of nitrogens with one attached hydrogen (secondary N) is 1. The molecule has 132 valence electrons. The van der Waals surface area contributed by atoms with Gasteiger partial charge < -0.3 is 5.32 Å². The van der Waals surface area contributed by atoms with Crippen LogP contribution in [-0.4, -0.2) is 20.7 Å². The first-order valence-corrected chi connectivity index (χ1v) is 9.97. The zero-order valence-electron chi connectivity index (χ0n) is 14.8. The minimum Gasteiger partial charge on any atom is -0.345 e. The number of thiophene rings is 1. The van der Waals surface area contributed by atoms with Gasteiger partial charge in [0.05, 0.1) is 11.7 Å². The molecule has 0 fully saturated rings. The van der Waals surface area contributed by atoms with E-state index in [9.17, 15) is 4.79 Å². The molecule has 3 rings (SSSR count). The number of hydrogen-bond donors (Lipinski definition) is 1. The largest absolute Gasteiger partial charge is 0.345 e. The van der Waals surface area contributed by atoms with Gasteiger partial charge in [-0.3, -0.25) is 9.48 Å². The fourth-order valence-electron chi connectivity index (χ4n) is 2.68. The average Bonchev–Trinajstić information content (AvgIpc) is 3.29.